The highest BCUT2D eigenvalue weighted by atomic mass is 16.5. The fraction of sp³-hybridized carbons (Fsp3) is 0.280. The molecule has 0 saturated heterocycles. The summed E-state index contributed by atoms with van der Waals surface area (Å²) in [6.45, 7) is 11.1. The molecule has 4 amide bonds. The Balaban J connectivity index is 1.13. The van der Waals surface area contributed by atoms with Crippen molar-refractivity contribution in [1.29, 1.82) is 0 Å². The molecule has 2 unspecified atom stereocenters. The molecule has 8 bridgehead atoms. The van der Waals surface area contributed by atoms with Gasteiger partial charge < -0.3 is 50.7 Å². The number of hydrogen-bond donors (Lipinski definition) is 8. The smallest absolute Gasteiger partial charge is 0.316 e. The minimum Gasteiger partial charge on any atom is -0.468 e. The van der Waals surface area contributed by atoms with E-state index in [1.165, 1.54) is 39.3 Å². The molecule has 20 heteroatoms. The Morgan fingerprint density at radius 2 is 1.03 bits per heavy atom. The second-order valence-electron chi connectivity index (χ2n) is 16.5. The average Bonchev–Trinajstić information content (AvgIpc) is 4.24. The van der Waals surface area contributed by atoms with Gasteiger partial charge in [0.1, 0.15) is 11.8 Å². The summed E-state index contributed by atoms with van der Waals surface area (Å²) < 4.78 is 9.76. The van der Waals surface area contributed by atoms with Gasteiger partial charge in [0.15, 0.2) is 0 Å². The number of amides is 4. The zero-order valence-electron chi connectivity index (χ0n) is 39.2. The third-order valence-corrected chi connectivity index (χ3v) is 12.0. The largest absolute Gasteiger partial charge is 0.468 e. The summed E-state index contributed by atoms with van der Waals surface area (Å²) >= 11 is 0. The number of H-pyrrole nitrogens is 4. The number of aromatic amines is 4. The van der Waals surface area contributed by atoms with Gasteiger partial charge in [-0.05, 0) is 96.5 Å². The number of fused-ring (bicyclic) bond motifs is 8. The first-order valence-electron chi connectivity index (χ1n) is 22.4. The fourth-order valence-electron chi connectivity index (χ4n) is 8.13. The van der Waals surface area contributed by atoms with Crippen LogP contribution in [0.4, 0.5) is 0 Å². The highest BCUT2D eigenvalue weighted by Gasteiger charge is 2.26. The maximum absolute atomic E-state index is 13.3. The summed E-state index contributed by atoms with van der Waals surface area (Å²) in [5, 5.41) is 10.7. The molecule has 8 N–H and O–H groups in total. The van der Waals surface area contributed by atoms with Crippen molar-refractivity contribution in [3.05, 3.63) is 120 Å². The molecule has 5 aromatic heterocycles. The molecular weight excluding hydrogens is 897 g/mol. The molecule has 5 aromatic rings. The predicted molar refractivity (Wildman–Crippen MR) is 263 cm³/mol. The fourth-order valence-corrected chi connectivity index (χ4v) is 8.13. The molecule has 362 valence electrons. The number of allylic oxidation sites excluding steroid dienone is 4. The lowest BCUT2D eigenvalue weighted by Crippen LogP contribution is -2.39. The molecule has 0 aliphatic carbocycles. The first-order valence-corrected chi connectivity index (χ1v) is 22.4. The SMILES string of the molecule is C=Cc1cc2cc3[nH]c(cc4nc(cc5nc(cc1[nH]2)C(C)=C5CCC(=O)NCC(=O)NCC(C(=O)OC)c1cnc[nH]1)C(CCC(=O)NCC(=O)NCC(C(=O)OC)c1cnc[nH]1)=C4C)cc3C=C. The van der Waals surface area contributed by atoms with E-state index < -0.39 is 35.6 Å². The van der Waals surface area contributed by atoms with Gasteiger partial charge in [-0.25, -0.2) is 19.9 Å². The van der Waals surface area contributed by atoms with Crippen molar-refractivity contribution in [3.63, 3.8) is 0 Å². The van der Waals surface area contributed by atoms with Crippen LogP contribution in [0, 0.1) is 0 Å². The number of carbonyl (C=O) groups excluding carboxylic acids is 6. The molecule has 0 saturated carbocycles. The van der Waals surface area contributed by atoms with Crippen LogP contribution in [0.5, 0.6) is 0 Å². The third kappa shape index (κ3) is 11.7. The Labute approximate surface area is 402 Å². The van der Waals surface area contributed by atoms with E-state index in [9.17, 15) is 28.8 Å². The van der Waals surface area contributed by atoms with Gasteiger partial charge in [0.05, 0.1) is 74.1 Å². The number of rotatable bonds is 20. The lowest BCUT2D eigenvalue weighted by atomic mass is 9.98. The molecular formula is C50H54N12O8. The van der Waals surface area contributed by atoms with Gasteiger partial charge in [-0.2, -0.15) is 0 Å². The summed E-state index contributed by atoms with van der Waals surface area (Å²) in [4.78, 5) is 108. The molecule has 2 aliphatic rings. The van der Waals surface area contributed by atoms with Crippen LogP contribution in [0.2, 0.25) is 0 Å². The standard InChI is InChI=1S/C50H54N12O8/c1-7-29-13-31-15-37-27(3)33(9-11-45(63)55-23-47(65)53-19-35(49(67)69-5)43-21-51-25-57-43)41(61-37)18-42-34(28(4)38(62-42)17-40-30(8-2)14-32(60-40)16-39(29)59-31)10-12-46(64)56-24-48(66)54-20-36(50(68)70-6)44-22-52-26-58-44/h7-8,13-18,21-22,25-26,35-36,59-60H,1-2,9-12,19-20,23-24H2,3-6H3,(H,51,57)(H,52,58)(H,53,65)(H,54,66)(H,55,63)(H,56,64). The molecule has 0 spiro atoms. The van der Waals surface area contributed by atoms with Gasteiger partial charge in [0.25, 0.3) is 0 Å². The number of hydrogen-bond acceptors (Lipinski definition) is 12. The first-order chi connectivity index (χ1) is 33.8. The molecule has 0 fully saturated rings. The molecule has 0 radical (unpaired) electrons. The Hall–Kier alpha value is -8.68. The molecule has 20 nitrogen and oxygen atoms in total. The lowest BCUT2D eigenvalue weighted by Gasteiger charge is -2.14. The van der Waals surface area contributed by atoms with Crippen molar-refractivity contribution in [2.24, 2.45) is 0 Å². The number of aromatic nitrogens is 8. The highest BCUT2D eigenvalue weighted by Crippen LogP contribution is 2.37. The Morgan fingerprint density at radius 3 is 1.46 bits per heavy atom. The van der Waals surface area contributed by atoms with E-state index in [2.05, 4.69) is 64.3 Å². The summed E-state index contributed by atoms with van der Waals surface area (Å²) in [5.41, 5.74) is 11.5. The second-order valence-corrected chi connectivity index (χ2v) is 16.5. The Bertz CT molecular complexity index is 3070. The van der Waals surface area contributed by atoms with Crippen molar-refractivity contribution >= 4 is 92.1 Å². The molecule has 70 heavy (non-hydrogen) atoms. The van der Waals surface area contributed by atoms with Crippen molar-refractivity contribution < 1.29 is 38.2 Å². The van der Waals surface area contributed by atoms with E-state index in [0.717, 1.165) is 55.5 Å². The molecule has 2 aliphatic heterocycles. The van der Waals surface area contributed by atoms with E-state index in [-0.39, 0.29) is 63.7 Å². The number of ether oxygens (including phenoxy) is 2. The van der Waals surface area contributed by atoms with Crippen molar-refractivity contribution in [2.75, 3.05) is 40.4 Å². The summed E-state index contributed by atoms with van der Waals surface area (Å²) in [7, 11) is 2.51. The van der Waals surface area contributed by atoms with Gasteiger partial charge >= 0.3 is 11.9 Å². The quantitative estimate of drug-likeness (QED) is 0.0487. The van der Waals surface area contributed by atoms with Gasteiger partial charge in [-0.3, -0.25) is 28.8 Å². The van der Waals surface area contributed by atoms with Gasteiger partial charge in [-0.1, -0.05) is 25.3 Å². The number of methoxy groups -OCH3 is 2. The van der Waals surface area contributed by atoms with Crippen LogP contribution >= 0.6 is 0 Å². The minimum atomic E-state index is -0.808. The van der Waals surface area contributed by atoms with Crippen LogP contribution in [-0.2, 0) is 38.2 Å². The number of imidazole rings is 2. The predicted octanol–water partition coefficient (Wildman–Crippen LogP) is 4.85. The third-order valence-electron chi connectivity index (χ3n) is 12.0. The van der Waals surface area contributed by atoms with Crippen LogP contribution in [-0.4, -0.2) is 116 Å². The molecule has 0 aromatic carbocycles. The van der Waals surface area contributed by atoms with E-state index in [1.54, 1.807) is 12.2 Å². The molecule has 2 atom stereocenters. The molecule has 7 heterocycles. The van der Waals surface area contributed by atoms with E-state index in [1.807, 2.05) is 50.2 Å². The topological polar surface area (TPSA) is 284 Å². The van der Waals surface area contributed by atoms with Crippen molar-refractivity contribution in [3.8, 4) is 0 Å². The van der Waals surface area contributed by atoms with Gasteiger partial charge in [0, 0.05) is 60.4 Å². The second kappa shape index (κ2) is 22.4. The normalized spacial score (nSPS) is 13.0. The van der Waals surface area contributed by atoms with Crippen LogP contribution in [0.25, 0.3) is 56.5 Å². The summed E-state index contributed by atoms with van der Waals surface area (Å²) in [6.07, 6.45) is 9.85. The zero-order valence-corrected chi connectivity index (χ0v) is 39.2. The van der Waals surface area contributed by atoms with Crippen LogP contribution in [0.3, 0.4) is 0 Å². The first kappa shape index (κ1) is 49.2. The van der Waals surface area contributed by atoms with Gasteiger partial charge in [-0.15, -0.1) is 0 Å². The van der Waals surface area contributed by atoms with Crippen LogP contribution in [0.15, 0.2) is 74.6 Å². The maximum Gasteiger partial charge on any atom is 0.316 e. The van der Waals surface area contributed by atoms with Crippen LogP contribution < -0.4 is 21.3 Å². The summed E-state index contributed by atoms with van der Waals surface area (Å²) in [5.74, 6) is -4.48. The highest BCUT2D eigenvalue weighted by molar-refractivity contribution is 5.97. The van der Waals surface area contributed by atoms with Crippen molar-refractivity contribution in [1.82, 2.24) is 61.1 Å². The Morgan fingerprint density at radius 1 is 0.586 bits per heavy atom. The lowest BCUT2D eigenvalue weighted by molar-refractivity contribution is -0.143. The number of nitrogens with one attached hydrogen (secondary N) is 8. The van der Waals surface area contributed by atoms with Crippen molar-refractivity contribution in [2.45, 2.75) is 51.4 Å². The minimum absolute atomic E-state index is 0.0126. The zero-order chi connectivity index (χ0) is 49.9. The number of carbonyl (C=O) groups is 6. The van der Waals surface area contributed by atoms with E-state index in [0.29, 0.717) is 34.2 Å². The monoisotopic (exact) mass is 950 g/mol. The Kier molecular flexibility index (Phi) is 15.8. The average molecular weight is 951 g/mol. The maximum atomic E-state index is 13.3. The summed E-state index contributed by atoms with van der Waals surface area (Å²) in [6, 6.07) is 11.6. The number of nitrogens with zero attached hydrogens (tertiary/aromatic N) is 4. The van der Waals surface area contributed by atoms with E-state index >= 15 is 0 Å². The van der Waals surface area contributed by atoms with E-state index in [4.69, 9.17) is 19.4 Å². The number of esters is 2. The molecule has 7 rings (SSSR count). The van der Waals surface area contributed by atoms with Gasteiger partial charge in [0.2, 0.25) is 23.6 Å². The van der Waals surface area contributed by atoms with Crippen LogP contribution in [0.1, 0.15) is 96.7 Å².